The molecule has 1 heterocycles. The Labute approximate surface area is 208 Å². The van der Waals surface area contributed by atoms with E-state index in [0.29, 0.717) is 16.9 Å². The molecule has 0 aliphatic rings. The van der Waals surface area contributed by atoms with E-state index in [1.807, 2.05) is 18.2 Å². The summed E-state index contributed by atoms with van der Waals surface area (Å²) < 4.78 is 24.0. The van der Waals surface area contributed by atoms with Crippen molar-refractivity contribution in [2.45, 2.75) is 45.3 Å². The number of aliphatic carboxylic acids is 1. The number of carboxylic acid groups (broad SMARTS) is 1. The number of hydrogen-bond acceptors (Lipinski definition) is 4. The Morgan fingerprint density at radius 3 is 2.28 bits per heavy atom. The molecule has 0 aliphatic heterocycles. The van der Waals surface area contributed by atoms with Gasteiger partial charge in [-0.15, -0.1) is 0 Å². The van der Waals surface area contributed by atoms with Crippen LogP contribution in [-0.4, -0.2) is 23.2 Å². The van der Waals surface area contributed by atoms with Gasteiger partial charge < -0.3 is 19.6 Å². The van der Waals surface area contributed by atoms with Gasteiger partial charge in [-0.25, -0.2) is 14.0 Å². The van der Waals surface area contributed by atoms with Gasteiger partial charge in [-0.1, -0.05) is 63.2 Å². The van der Waals surface area contributed by atoms with Crippen molar-refractivity contribution in [2.75, 3.05) is 0 Å². The zero-order valence-electron chi connectivity index (χ0n) is 20.4. The lowest BCUT2D eigenvalue weighted by Crippen LogP contribution is -2.42. The molecule has 3 aromatic carbocycles. The minimum atomic E-state index is -1.22. The first-order chi connectivity index (χ1) is 17.1. The number of fused-ring (bicyclic) bond motifs is 1. The minimum Gasteiger partial charge on any atom is -0.480 e. The Morgan fingerprint density at radius 1 is 0.972 bits per heavy atom. The van der Waals surface area contributed by atoms with Gasteiger partial charge in [0.05, 0.1) is 0 Å². The van der Waals surface area contributed by atoms with Gasteiger partial charge in [0.2, 0.25) is 0 Å². The zero-order valence-corrected chi connectivity index (χ0v) is 20.4. The van der Waals surface area contributed by atoms with Crippen molar-refractivity contribution < 1.29 is 28.2 Å². The molecule has 0 saturated heterocycles. The van der Waals surface area contributed by atoms with Crippen molar-refractivity contribution in [3.63, 3.8) is 0 Å². The average Bonchev–Trinajstić information content (AvgIpc) is 3.25. The van der Waals surface area contributed by atoms with Crippen molar-refractivity contribution in [1.82, 2.24) is 5.32 Å². The number of benzene rings is 3. The van der Waals surface area contributed by atoms with Crippen LogP contribution >= 0.6 is 0 Å². The molecule has 1 atom stereocenters. The van der Waals surface area contributed by atoms with Crippen molar-refractivity contribution in [3.8, 4) is 11.1 Å². The second-order valence-corrected chi connectivity index (χ2v) is 9.73. The third-order valence-electron chi connectivity index (χ3n) is 5.94. The fourth-order valence-corrected chi connectivity index (χ4v) is 3.89. The van der Waals surface area contributed by atoms with E-state index in [9.17, 15) is 19.1 Å². The number of carbonyl (C=O) groups is 2. The van der Waals surface area contributed by atoms with Crippen molar-refractivity contribution in [2.24, 2.45) is 0 Å². The Morgan fingerprint density at radius 2 is 1.64 bits per heavy atom. The Bertz CT molecular complexity index is 1370. The number of amides is 1. The molecule has 0 unspecified atom stereocenters. The zero-order chi connectivity index (χ0) is 25.9. The first-order valence-corrected chi connectivity index (χ1v) is 11.6. The molecule has 1 aromatic heterocycles. The van der Waals surface area contributed by atoms with Crippen LogP contribution < -0.4 is 5.32 Å². The Balaban J connectivity index is 1.39. The summed E-state index contributed by atoms with van der Waals surface area (Å²) in [5, 5.41) is 12.6. The van der Waals surface area contributed by atoms with Gasteiger partial charge in [-0.05, 0) is 58.0 Å². The quantitative estimate of drug-likeness (QED) is 0.311. The summed E-state index contributed by atoms with van der Waals surface area (Å²) in [4.78, 5) is 23.8. The van der Waals surface area contributed by atoms with Crippen LogP contribution in [0.15, 0.2) is 77.2 Å². The summed E-state index contributed by atoms with van der Waals surface area (Å²) in [6, 6.07) is 20.3. The van der Waals surface area contributed by atoms with Crippen LogP contribution in [0, 0.1) is 5.82 Å². The number of carbonyl (C=O) groups excluding carboxylic acids is 1. The molecule has 0 radical (unpaired) electrons. The maximum absolute atomic E-state index is 13.1. The molecule has 0 bridgehead atoms. The highest BCUT2D eigenvalue weighted by molar-refractivity contribution is 5.84. The fraction of sp³-hybridized carbons (Fsp3) is 0.241. The molecular formula is C29H28FNO5. The number of furan rings is 1. The molecule has 186 valence electrons. The maximum Gasteiger partial charge on any atom is 0.408 e. The van der Waals surface area contributed by atoms with Crippen LogP contribution in [0.2, 0.25) is 0 Å². The van der Waals surface area contributed by atoms with E-state index in [4.69, 9.17) is 9.15 Å². The summed E-state index contributed by atoms with van der Waals surface area (Å²) in [7, 11) is 0. The molecular weight excluding hydrogens is 461 g/mol. The highest BCUT2D eigenvalue weighted by atomic mass is 19.1. The van der Waals surface area contributed by atoms with Crippen LogP contribution in [0.3, 0.4) is 0 Å². The first kappa shape index (κ1) is 25.0. The van der Waals surface area contributed by atoms with E-state index in [0.717, 1.165) is 16.5 Å². The van der Waals surface area contributed by atoms with Gasteiger partial charge in [0.15, 0.2) is 6.61 Å². The smallest absolute Gasteiger partial charge is 0.408 e. The molecule has 2 N–H and O–H groups in total. The highest BCUT2D eigenvalue weighted by Crippen LogP contribution is 2.29. The lowest BCUT2D eigenvalue weighted by Gasteiger charge is -2.19. The van der Waals surface area contributed by atoms with Gasteiger partial charge in [0, 0.05) is 11.8 Å². The normalized spacial score (nSPS) is 12.3. The van der Waals surface area contributed by atoms with E-state index in [-0.39, 0.29) is 18.4 Å². The standard InChI is InChI=1S/C29H28FNO5/c1-29(2,3)22-9-6-19(7-10-22)20-8-13-26-21(15-20)16-24(36-26)17-35-28(34)31-25(27(32)33)14-18-4-11-23(30)12-5-18/h4-13,15-16,25H,14,17H2,1-3H3,(H,31,34)(H,32,33)/t25-/m1/s1. The number of rotatable bonds is 7. The molecule has 4 aromatic rings. The highest BCUT2D eigenvalue weighted by Gasteiger charge is 2.21. The molecule has 0 aliphatic carbocycles. The number of nitrogens with one attached hydrogen (secondary N) is 1. The van der Waals surface area contributed by atoms with E-state index in [2.05, 4.69) is 50.4 Å². The fourth-order valence-electron chi connectivity index (χ4n) is 3.89. The number of carboxylic acids is 1. The summed E-state index contributed by atoms with van der Waals surface area (Å²) >= 11 is 0. The summed E-state index contributed by atoms with van der Waals surface area (Å²) in [5.74, 6) is -1.21. The van der Waals surface area contributed by atoms with E-state index in [1.165, 1.54) is 29.8 Å². The van der Waals surface area contributed by atoms with Crippen molar-refractivity contribution in [3.05, 3.63) is 95.5 Å². The molecule has 36 heavy (non-hydrogen) atoms. The molecule has 6 nitrogen and oxygen atoms in total. The molecule has 7 heteroatoms. The van der Waals surface area contributed by atoms with E-state index >= 15 is 0 Å². The van der Waals surface area contributed by atoms with Gasteiger partial charge >= 0.3 is 12.1 Å². The van der Waals surface area contributed by atoms with E-state index in [1.54, 1.807) is 6.07 Å². The number of halogens is 1. The third kappa shape index (κ3) is 6.10. The van der Waals surface area contributed by atoms with Crippen LogP contribution in [0.25, 0.3) is 22.1 Å². The van der Waals surface area contributed by atoms with Crippen LogP contribution in [0.5, 0.6) is 0 Å². The monoisotopic (exact) mass is 489 g/mol. The van der Waals surface area contributed by atoms with E-state index < -0.39 is 23.9 Å². The van der Waals surface area contributed by atoms with Crippen LogP contribution in [-0.2, 0) is 28.0 Å². The molecule has 0 spiro atoms. The topological polar surface area (TPSA) is 88.8 Å². The SMILES string of the molecule is CC(C)(C)c1ccc(-c2ccc3oc(COC(=O)N[C@H](Cc4ccc(F)cc4)C(=O)O)cc3c2)cc1. The van der Waals surface area contributed by atoms with Gasteiger partial charge in [-0.2, -0.15) is 0 Å². The summed E-state index contributed by atoms with van der Waals surface area (Å²) in [5.41, 5.74) is 4.70. The lowest BCUT2D eigenvalue weighted by molar-refractivity contribution is -0.139. The van der Waals surface area contributed by atoms with Crippen LogP contribution in [0.1, 0.15) is 37.7 Å². The van der Waals surface area contributed by atoms with Crippen LogP contribution in [0.4, 0.5) is 9.18 Å². The largest absolute Gasteiger partial charge is 0.480 e. The summed E-state index contributed by atoms with van der Waals surface area (Å²) in [6.45, 7) is 6.38. The van der Waals surface area contributed by atoms with Gasteiger partial charge in [0.1, 0.15) is 23.2 Å². The molecule has 1 amide bonds. The average molecular weight is 490 g/mol. The minimum absolute atomic E-state index is 0.00510. The van der Waals surface area contributed by atoms with Gasteiger partial charge in [0.25, 0.3) is 0 Å². The number of ether oxygens (including phenoxy) is 1. The second-order valence-electron chi connectivity index (χ2n) is 9.73. The predicted octanol–water partition coefficient (Wildman–Crippen LogP) is 6.46. The van der Waals surface area contributed by atoms with Crippen molar-refractivity contribution >= 4 is 23.0 Å². The number of hydrogen-bond donors (Lipinski definition) is 2. The maximum atomic E-state index is 13.1. The second kappa shape index (κ2) is 10.2. The van der Waals surface area contributed by atoms with Crippen molar-refractivity contribution in [1.29, 1.82) is 0 Å². The number of alkyl carbamates (subject to hydrolysis) is 1. The van der Waals surface area contributed by atoms with Gasteiger partial charge in [-0.3, -0.25) is 0 Å². The molecule has 0 saturated carbocycles. The first-order valence-electron chi connectivity index (χ1n) is 11.6. The Hall–Kier alpha value is -4.13. The lowest BCUT2D eigenvalue weighted by atomic mass is 9.86. The molecule has 0 fully saturated rings. The Kier molecular flexibility index (Phi) is 7.10. The summed E-state index contributed by atoms with van der Waals surface area (Å²) in [6.07, 6.45) is -0.890. The third-order valence-corrected chi connectivity index (χ3v) is 5.94. The molecule has 4 rings (SSSR count). The predicted molar refractivity (Wildman–Crippen MR) is 135 cm³/mol.